The maximum Gasteiger partial charge on any atom is 0.127 e. The Morgan fingerprint density at radius 3 is 2.65 bits per heavy atom. The van der Waals surface area contributed by atoms with Gasteiger partial charge in [-0.15, -0.1) is 6.58 Å². The zero-order valence-electron chi connectivity index (χ0n) is 13.4. The molecule has 3 heteroatoms. The van der Waals surface area contributed by atoms with E-state index in [1.54, 1.807) is 0 Å². The van der Waals surface area contributed by atoms with Gasteiger partial charge in [-0.3, -0.25) is 0 Å². The molecule has 1 heterocycles. The number of nitrogen functional groups attached to an aromatic ring is 1. The lowest BCUT2D eigenvalue weighted by molar-refractivity contribution is 0.340. The first-order valence-corrected chi connectivity index (χ1v) is 7.81. The summed E-state index contributed by atoms with van der Waals surface area (Å²) in [5.41, 5.74) is 7.55. The molecule has 0 radical (unpaired) electrons. The van der Waals surface area contributed by atoms with E-state index >= 15 is 0 Å². The van der Waals surface area contributed by atoms with Crippen LogP contribution in [0.1, 0.15) is 70.8 Å². The Bertz CT molecular complexity index is 479. The molecule has 0 aliphatic heterocycles. The van der Waals surface area contributed by atoms with Gasteiger partial charge in [0.25, 0.3) is 0 Å². The first kappa shape index (κ1) is 15.1. The van der Waals surface area contributed by atoms with Crippen molar-refractivity contribution in [1.82, 2.24) is 9.55 Å². The fourth-order valence-corrected chi connectivity index (χ4v) is 3.35. The van der Waals surface area contributed by atoms with Crippen molar-refractivity contribution < 1.29 is 0 Å². The minimum absolute atomic E-state index is 0.00959. The molecule has 0 amide bonds. The van der Waals surface area contributed by atoms with Gasteiger partial charge in [0, 0.05) is 17.9 Å². The zero-order valence-corrected chi connectivity index (χ0v) is 13.4. The summed E-state index contributed by atoms with van der Waals surface area (Å²) >= 11 is 0. The van der Waals surface area contributed by atoms with Crippen LogP contribution in [-0.2, 0) is 12.0 Å². The molecule has 1 saturated carbocycles. The van der Waals surface area contributed by atoms with Crippen LogP contribution in [0.15, 0.2) is 12.7 Å². The Labute approximate surface area is 123 Å². The number of allylic oxidation sites excluding steroid dienone is 1. The van der Waals surface area contributed by atoms with Gasteiger partial charge in [0.1, 0.15) is 11.6 Å². The molecule has 1 aliphatic rings. The highest BCUT2D eigenvalue weighted by molar-refractivity contribution is 5.42. The van der Waals surface area contributed by atoms with Crippen LogP contribution < -0.4 is 5.73 Å². The molecule has 0 bridgehead atoms. The summed E-state index contributed by atoms with van der Waals surface area (Å²) < 4.78 is 2.14. The van der Waals surface area contributed by atoms with Gasteiger partial charge in [-0.2, -0.15) is 0 Å². The molecule has 20 heavy (non-hydrogen) atoms. The van der Waals surface area contributed by atoms with Gasteiger partial charge in [0.2, 0.25) is 0 Å². The van der Waals surface area contributed by atoms with Gasteiger partial charge in [-0.25, -0.2) is 4.98 Å². The largest absolute Gasteiger partial charge is 0.384 e. The van der Waals surface area contributed by atoms with Gasteiger partial charge < -0.3 is 10.3 Å². The first-order valence-electron chi connectivity index (χ1n) is 7.81. The van der Waals surface area contributed by atoms with E-state index in [-0.39, 0.29) is 5.41 Å². The number of rotatable bonds is 3. The Kier molecular flexibility index (Phi) is 4.26. The van der Waals surface area contributed by atoms with Crippen molar-refractivity contribution in [3.05, 3.63) is 24.2 Å². The second-order valence-electron chi connectivity index (χ2n) is 7.32. The van der Waals surface area contributed by atoms with Gasteiger partial charge >= 0.3 is 0 Å². The van der Waals surface area contributed by atoms with Crippen molar-refractivity contribution >= 4 is 5.82 Å². The number of nitrogens with two attached hydrogens (primary N) is 1. The minimum atomic E-state index is 0.00959. The highest BCUT2D eigenvalue weighted by Gasteiger charge is 2.30. The molecular formula is C17H29N3. The third kappa shape index (κ3) is 2.92. The molecule has 3 nitrogen and oxygen atoms in total. The van der Waals surface area contributed by atoms with Crippen molar-refractivity contribution in [3.63, 3.8) is 0 Å². The van der Waals surface area contributed by atoms with Crippen LogP contribution in [0.5, 0.6) is 0 Å². The first-order chi connectivity index (χ1) is 9.34. The van der Waals surface area contributed by atoms with Crippen LogP contribution in [0.2, 0.25) is 0 Å². The van der Waals surface area contributed by atoms with E-state index in [4.69, 9.17) is 10.7 Å². The van der Waals surface area contributed by atoms with Crippen molar-refractivity contribution in [1.29, 1.82) is 0 Å². The van der Waals surface area contributed by atoms with Crippen LogP contribution in [0.4, 0.5) is 5.82 Å². The highest BCUT2D eigenvalue weighted by Crippen LogP contribution is 2.39. The quantitative estimate of drug-likeness (QED) is 0.838. The summed E-state index contributed by atoms with van der Waals surface area (Å²) in [6.45, 7) is 13.5. The molecule has 2 atom stereocenters. The van der Waals surface area contributed by atoms with E-state index < -0.39 is 0 Å². The Hall–Kier alpha value is -1.25. The minimum Gasteiger partial charge on any atom is -0.384 e. The molecule has 0 saturated heterocycles. The van der Waals surface area contributed by atoms with E-state index in [9.17, 15) is 0 Å². The normalized spacial score (nSPS) is 23.8. The summed E-state index contributed by atoms with van der Waals surface area (Å²) in [6, 6.07) is 0. The SMILES string of the molecule is C=CCn1c(C(C)(C)C)nc(C2CCCC(C)C2)c1N. The van der Waals surface area contributed by atoms with E-state index in [1.807, 2.05) is 6.08 Å². The predicted octanol–water partition coefficient (Wildman–Crippen LogP) is 4.24. The fourth-order valence-electron chi connectivity index (χ4n) is 3.35. The summed E-state index contributed by atoms with van der Waals surface area (Å²) in [5.74, 6) is 3.26. The Morgan fingerprint density at radius 2 is 2.10 bits per heavy atom. The average Bonchev–Trinajstić information content (AvgIpc) is 2.68. The van der Waals surface area contributed by atoms with Crippen molar-refractivity contribution in [2.45, 2.75) is 71.3 Å². The van der Waals surface area contributed by atoms with Crippen LogP contribution in [0.25, 0.3) is 0 Å². The summed E-state index contributed by atoms with van der Waals surface area (Å²) in [7, 11) is 0. The summed E-state index contributed by atoms with van der Waals surface area (Å²) in [6.07, 6.45) is 6.99. The highest BCUT2D eigenvalue weighted by atomic mass is 15.2. The molecule has 112 valence electrons. The van der Waals surface area contributed by atoms with Crippen molar-refractivity contribution in [2.24, 2.45) is 5.92 Å². The number of hydrogen-bond acceptors (Lipinski definition) is 2. The van der Waals surface area contributed by atoms with Crippen LogP contribution in [0, 0.1) is 5.92 Å². The Morgan fingerprint density at radius 1 is 1.40 bits per heavy atom. The molecule has 0 spiro atoms. The van der Waals surface area contributed by atoms with Crippen molar-refractivity contribution in [3.8, 4) is 0 Å². The molecular weight excluding hydrogens is 246 g/mol. The van der Waals surface area contributed by atoms with Crippen molar-refractivity contribution in [2.75, 3.05) is 5.73 Å². The lowest BCUT2D eigenvalue weighted by atomic mass is 9.81. The third-order valence-corrected chi connectivity index (χ3v) is 4.34. The second-order valence-corrected chi connectivity index (χ2v) is 7.32. The number of nitrogens with zero attached hydrogens (tertiary/aromatic N) is 2. The van der Waals surface area contributed by atoms with Crippen LogP contribution in [-0.4, -0.2) is 9.55 Å². The number of hydrogen-bond donors (Lipinski definition) is 1. The van der Waals surface area contributed by atoms with Gasteiger partial charge in [0.15, 0.2) is 0 Å². The van der Waals surface area contributed by atoms with E-state index in [0.717, 1.165) is 29.8 Å². The van der Waals surface area contributed by atoms with E-state index in [0.29, 0.717) is 5.92 Å². The maximum absolute atomic E-state index is 6.42. The number of imidazole rings is 1. The van der Waals surface area contributed by atoms with E-state index in [1.165, 1.54) is 25.7 Å². The molecule has 1 aromatic heterocycles. The smallest absolute Gasteiger partial charge is 0.127 e. The number of anilines is 1. The molecule has 2 rings (SSSR count). The monoisotopic (exact) mass is 275 g/mol. The second kappa shape index (κ2) is 5.63. The predicted molar refractivity (Wildman–Crippen MR) is 85.9 cm³/mol. The molecule has 1 aliphatic carbocycles. The maximum atomic E-state index is 6.42. The van der Waals surface area contributed by atoms with Crippen LogP contribution in [0.3, 0.4) is 0 Å². The average molecular weight is 275 g/mol. The van der Waals surface area contributed by atoms with Crippen LogP contribution >= 0.6 is 0 Å². The lowest BCUT2D eigenvalue weighted by Crippen LogP contribution is -2.19. The molecule has 1 fully saturated rings. The van der Waals surface area contributed by atoms with Gasteiger partial charge in [0.05, 0.1) is 5.69 Å². The fraction of sp³-hybridized carbons (Fsp3) is 0.706. The zero-order chi connectivity index (χ0) is 14.9. The van der Waals surface area contributed by atoms with Gasteiger partial charge in [-0.05, 0) is 18.8 Å². The summed E-state index contributed by atoms with van der Waals surface area (Å²) in [4.78, 5) is 4.95. The lowest BCUT2D eigenvalue weighted by Gasteiger charge is -2.25. The number of aromatic nitrogens is 2. The standard InChI is InChI=1S/C17H29N3/c1-6-10-20-15(18)14(19-16(20)17(3,4)5)13-9-7-8-12(2)11-13/h6,12-13H,1,7-11,18H2,2-5H3. The van der Waals surface area contributed by atoms with E-state index in [2.05, 4.69) is 38.8 Å². The van der Waals surface area contributed by atoms with Gasteiger partial charge in [-0.1, -0.05) is 46.6 Å². The molecule has 2 N–H and O–H groups in total. The topological polar surface area (TPSA) is 43.8 Å². The molecule has 2 unspecified atom stereocenters. The summed E-state index contributed by atoms with van der Waals surface area (Å²) in [5, 5.41) is 0. The molecule has 1 aromatic rings. The Balaban J connectivity index is 2.41. The third-order valence-electron chi connectivity index (χ3n) is 4.34. The molecule has 0 aromatic carbocycles.